The summed E-state index contributed by atoms with van der Waals surface area (Å²) in [6.45, 7) is 0.745. The third-order valence-electron chi connectivity index (χ3n) is 2.69. The Morgan fingerprint density at radius 2 is 2.00 bits per heavy atom. The third kappa shape index (κ3) is 2.81. The Labute approximate surface area is 112 Å². The molecule has 0 fully saturated rings. The fourth-order valence-electron chi connectivity index (χ4n) is 1.78. The second-order valence-electron chi connectivity index (χ2n) is 3.92. The molecule has 4 heteroatoms. The van der Waals surface area contributed by atoms with E-state index in [0.717, 1.165) is 28.3 Å². The first-order valence-corrected chi connectivity index (χ1v) is 6.06. The van der Waals surface area contributed by atoms with Gasteiger partial charge in [-0.15, -0.1) is 0 Å². The molecule has 0 saturated carbocycles. The largest absolute Gasteiger partial charge is 0.481 e. The van der Waals surface area contributed by atoms with Gasteiger partial charge in [0.1, 0.15) is 0 Å². The van der Waals surface area contributed by atoms with E-state index in [1.807, 2.05) is 31.3 Å². The molecular formula is C14H15ClN2O. The minimum absolute atomic E-state index is 0.609. The molecule has 1 aromatic carbocycles. The molecule has 94 valence electrons. The Kier molecular flexibility index (Phi) is 4.18. The van der Waals surface area contributed by atoms with E-state index in [2.05, 4.69) is 16.4 Å². The Balaban J connectivity index is 2.40. The van der Waals surface area contributed by atoms with Crippen LogP contribution >= 0.6 is 11.6 Å². The van der Waals surface area contributed by atoms with Crippen LogP contribution in [0.2, 0.25) is 5.02 Å². The average Bonchev–Trinajstić information content (AvgIpc) is 2.41. The van der Waals surface area contributed by atoms with E-state index in [4.69, 9.17) is 16.3 Å². The molecule has 0 aliphatic heterocycles. The summed E-state index contributed by atoms with van der Waals surface area (Å²) in [5.74, 6) is 0.609. The summed E-state index contributed by atoms with van der Waals surface area (Å²) >= 11 is 6.14. The number of hydrogen-bond donors (Lipinski definition) is 1. The maximum atomic E-state index is 6.14. The second kappa shape index (κ2) is 5.85. The SMILES string of the molecule is CNCc1cc(-c2ccnc(OC)c2)ccc1Cl. The van der Waals surface area contributed by atoms with Crippen molar-refractivity contribution >= 4 is 11.6 Å². The van der Waals surface area contributed by atoms with Gasteiger partial charge < -0.3 is 10.1 Å². The van der Waals surface area contributed by atoms with Crippen LogP contribution in [0.15, 0.2) is 36.5 Å². The fourth-order valence-corrected chi connectivity index (χ4v) is 1.97. The van der Waals surface area contributed by atoms with Gasteiger partial charge in [0.2, 0.25) is 5.88 Å². The zero-order valence-corrected chi connectivity index (χ0v) is 11.2. The molecule has 0 aliphatic carbocycles. The molecule has 3 nitrogen and oxygen atoms in total. The Morgan fingerprint density at radius 1 is 1.22 bits per heavy atom. The first-order chi connectivity index (χ1) is 8.74. The molecule has 0 amide bonds. The predicted molar refractivity (Wildman–Crippen MR) is 74.0 cm³/mol. The number of rotatable bonds is 4. The second-order valence-corrected chi connectivity index (χ2v) is 4.33. The molecule has 1 N–H and O–H groups in total. The van der Waals surface area contributed by atoms with Crippen molar-refractivity contribution in [2.24, 2.45) is 0 Å². The van der Waals surface area contributed by atoms with Crippen molar-refractivity contribution in [2.75, 3.05) is 14.2 Å². The summed E-state index contributed by atoms with van der Waals surface area (Å²) in [7, 11) is 3.51. The summed E-state index contributed by atoms with van der Waals surface area (Å²) in [4.78, 5) is 4.10. The maximum Gasteiger partial charge on any atom is 0.213 e. The monoisotopic (exact) mass is 262 g/mol. The lowest BCUT2D eigenvalue weighted by molar-refractivity contribution is 0.398. The molecule has 1 aromatic heterocycles. The smallest absolute Gasteiger partial charge is 0.213 e. The molecule has 0 radical (unpaired) electrons. The Bertz CT molecular complexity index is 543. The van der Waals surface area contributed by atoms with Gasteiger partial charge in [0.25, 0.3) is 0 Å². The summed E-state index contributed by atoms with van der Waals surface area (Å²) in [6.07, 6.45) is 1.74. The summed E-state index contributed by atoms with van der Waals surface area (Å²) in [5.41, 5.74) is 3.24. The van der Waals surface area contributed by atoms with Crippen molar-refractivity contribution in [1.29, 1.82) is 0 Å². The zero-order chi connectivity index (χ0) is 13.0. The highest BCUT2D eigenvalue weighted by atomic mass is 35.5. The van der Waals surface area contributed by atoms with Crippen LogP contribution in [-0.2, 0) is 6.54 Å². The van der Waals surface area contributed by atoms with Gasteiger partial charge in [-0.25, -0.2) is 4.98 Å². The van der Waals surface area contributed by atoms with Crippen molar-refractivity contribution in [3.8, 4) is 17.0 Å². The van der Waals surface area contributed by atoms with E-state index in [1.165, 1.54) is 0 Å². The molecular weight excluding hydrogens is 248 g/mol. The van der Waals surface area contributed by atoms with Gasteiger partial charge in [-0.3, -0.25) is 0 Å². The molecule has 0 unspecified atom stereocenters. The van der Waals surface area contributed by atoms with Crippen LogP contribution in [0.25, 0.3) is 11.1 Å². The van der Waals surface area contributed by atoms with Crippen LogP contribution < -0.4 is 10.1 Å². The van der Waals surface area contributed by atoms with Gasteiger partial charge in [-0.05, 0) is 41.9 Å². The first kappa shape index (κ1) is 12.9. The van der Waals surface area contributed by atoms with Gasteiger partial charge in [0.05, 0.1) is 7.11 Å². The molecule has 2 aromatic rings. The molecule has 0 aliphatic rings. The predicted octanol–water partition coefficient (Wildman–Crippen LogP) is 3.13. The van der Waals surface area contributed by atoms with Crippen molar-refractivity contribution < 1.29 is 4.74 Å². The van der Waals surface area contributed by atoms with E-state index >= 15 is 0 Å². The molecule has 0 saturated heterocycles. The van der Waals surface area contributed by atoms with E-state index in [-0.39, 0.29) is 0 Å². The summed E-state index contributed by atoms with van der Waals surface area (Å²) in [5, 5.41) is 3.88. The quantitative estimate of drug-likeness (QED) is 0.919. The third-order valence-corrected chi connectivity index (χ3v) is 3.06. The standard InChI is InChI=1S/C14H15ClN2O/c1-16-9-12-7-10(3-4-13(12)15)11-5-6-17-14(8-11)18-2/h3-8,16H,9H2,1-2H3. The van der Waals surface area contributed by atoms with Crippen LogP contribution in [-0.4, -0.2) is 19.1 Å². The van der Waals surface area contributed by atoms with Crippen LogP contribution in [0.5, 0.6) is 5.88 Å². The molecule has 0 spiro atoms. The minimum atomic E-state index is 0.609. The molecule has 18 heavy (non-hydrogen) atoms. The number of ether oxygens (including phenoxy) is 1. The summed E-state index contributed by atoms with van der Waals surface area (Å²) < 4.78 is 5.13. The lowest BCUT2D eigenvalue weighted by atomic mass is 10.0. The maximum absolute atomic E-state index is 6.14. The van der Waals surface area contributed by atoms with Crippen molar-refractivity contribution in [3.63, 3.8) is 0 Å². The highest BCUT2D eigenvalue weighted by Gasteiger charge is 2.04. The lowest BCUT2D eigenvalue weighted by Crippen LogP contribution is -2.05. The fraction of sp³-hybridized carbons (Fsp3) is 0.214. The van der Waals surface area contributed by atoms with Crippen LogP contribution in [0.4, 0.5) is 0 Å². The van der Waals surface area contributed by atoms with E-state index in [9.17, 15) is 0 Å². The van der Waals surface area contributed by atoms with E-state index < -0.39 is 0 Å². The first-order valence-electron chi connectivity index (χ1n) is 5.68. The number of hydrogen-bond acceptors (Lipinski definition) is 3. The van der Waals surface area contributed by atoms with Gasteiger partial charge in [0.15, 0.2) is 0 Å². The number of aromatic nitrogens is 1. The molecule has 0 atom stereocenters. The van der Waals surface area contributed by atoms with Gasteiger partial charge >= 0.3 is 0 Å². The Hall–Kier alpha value is -1.58. The zero-order valence-electron chi connectivity index (χ0n) is 10.4. The average molecular weight is 263 g/mol. The van der Waals surface area contributed by atoms with Crippen molar-refractivity contribution in [3.05, 3.63) is 47.1 Å². The number of halogens is 1. The van der Waals surface area contributed by atoms with E-state index in [1.54, 1.807) is 13.3 Å². The van der Waals surface area contributed by atoms with E-state index in [0.29, 0.717) is 5.88 Å². The number of pyridine rings is 1. The number of nitrogens with zero attached hydrogens (tertiary/aromatic N) is 1. The topological polar surface area (TPSA) is 34.2 Å². The molecule has 1 heterocycles. The van der Waals surface area contributed by atoms with Gasteiger partial charge in [-0.1, -0.05) is 17.7 Å². The highest BCUT2D eigenvalue weighted by Crippen LogP contribution is 2.26. The number of benzene rings is 1. The highest BCUT2D eigenvalue weighted by molar-refractivity contribution is 6.31. The number of nitrogens with one attached hydrogen (secondary N) is 1. The minimum Gasteiger partial charge on any atom is -0.481 e. The van der Waals surface area contributed by atoms with Crippen molar-refractivity contribution in [2.45, 2.75) is 6.54 Å². The van der Waals surface area contributed by atoms with Gasteiger partial charge in [0, 0.05) is 23.8 Å². The number of methoxy groups -OCH3 is 1. The molecule has 0 bridgehead atoms. The van der Waals surface area contributed by atoms with Crippen LogP contribution in [0.3, 0.4) is 0 Å². The van der Waals surface area contributed by atoms with Crippen molar-refractivity contribution in [1.82, 2.24) is 10.3 Å². The summed E-state index contributed by atoms with van der Waals surface area (Å²) in [6, 6.07) is 9.85. The van der Waals surface area contributed by atoms with Crippen LogP contribution in [0, 0.1) is 0 Å². The normalized spacial score (nSPS) is 10.4. The van der Waals surface area contributed by atoms with Crippen LogP contribution in [0.1, 0.15) is 5.56 Å². The van der Waals surface area contributed by atoms with Gasteiger partial charge in [-0.2, -0.15) is 0 Å². The lowest BCUT2D eigenvalue weighted by Gasteiger charge is -2.08. The Morgan fingerprint density at radius 3 is 2.72 bits per heavy atom. The molecule has 2 rings (SSSR count).